The first-order valence-corrected chi connectivity index (χ1v) is 11.0. The maximum absolute atomic E-state index is 12.8. The summed E-state index contributed by atoms with van der Waals surface area (Å²) in [7, 11) is 1.19. The quantitative estimate of drug-likeness (QED) is 0.476. The molecule has 0 fully saturated rings. The van der Waals surface area contributed by atoms with E-state index in [0.717, 1.165) is 17.3 Å². The van der Waals surface area contributed by atoms with Crippen molar-refractivity contribution in [2.24, 2.45) is 5.92 Å². The van der Waals surface area contributed by atoms with E-state index in [9.17, 15) is 19.6 Å². The molecule has 2 atom stereocenters. The van der Waals surface area contributed by atoms with Gasteiger partial charge < -0.3 is 15.4 Å². The van der Waals surface area contributed by atoms with Crippen molar-refractivity contribution in [2.75, 3.05) is 12.9 Å². The number of benzene rings is 2. The van der Waals surface area contributed by atoms with E-state index in [-0.39, 0.29) is 22.3 Å². The van der Waals surface area contributed by atoms with Crippen LogP contribution >= 0.6 is 23.4 Å². The molecule has 0 saturated carbocycles. The fourth-order valence-corrected chi connectivity index (χ4v) is 4.34. The summed E-state index contributed by atoms with van der Waals surface area (Å²) >= 11 is 7.00. The lowest BCUT2D eigenvalue weighted by Crippen LogP contribution is -2.44. The van der Waals surface area contributed by atoms with Crippen LogP contribution in [0.5, 0.6) is 0 Å². The van der Waals surface area contributed by atoms with Gasteiger partial charge in [0.15, 0.2) is 0 Å². The SMILES string of the molecule is COC(=O)[C@@H]1C(=O)NC(SCC(=O)NCc2ccccc2)=C(C#N)[C@H]1c1ccc(Cl)cc1. The number of nitrogens with zero attached hydrogens (tertiary/aromatic N) is 1. The van der Waals surface area contributed by atoms with Crippen molar-refractivity contribution in [2.45, 2.75) is 12.5 Å². The maximum atomic E-state index is 12.8. The minimum absolute atomic E-state index is 0.0101. The van der Waals surface area contributed by atoms with E-state index in [1.807, 2.05) is 30.3 Å². The molecule has 0 aromatic heterocycles. The van der Waals surface area contributed by atoms with E-state index in [2.05, 4.69) is 16.7 Å². The predicted molar refractivity (Wildman–Crippen MR) is 121 cm³/mol. The van der Waals surface area contributed by atoms with Crippen LogP contribution in [0, 0.1) is 17.2 Å². The molecule has 164 valence electrons. The summed E-state index contributed by atoms with van der Waals surface area (Å²) in [5, 5.41) is 16.0. The second kappa shape index (κ2) is 10.8. The van der Waals surface area contributed by atoms with Crippen LogP contribution in [0.25, 0.3) is 0 Å². The zero-order valence-corrected chi connectivity index (χ0v) is 18.7. The lowest BCUT2D eigenvalue weighted by atomic mass is 9.78. The summed E-state index contributed by atoms with van der Waals surface area (Å²) in [4.78, 5) is 37.5. The Balaban J connectivity index is 1.82. The highest BCUT2D eigenvalue weighted by atomic mass is 35.5. The van der Waals surface area contributed by atoms with Gasteiger partial charge in [0.2, 0.25) is 11.8 Å². The fraction of sp³-hybridized carbons (Fsp3) is 0.217. The molecule has 2 amide bonds. The normalized spacial score (nSPS) is 17.8. The maximum Gasteiger partial charge on any atom is 0.319 e. The van der Waals surface area contributed by atoms with Gasteiger partial charge in [-0.25, -0.2) is 0 Å². The van der Waals surface area contributed by atoms with Crippen molar-refractivity contribution >= 4 is 41.1 Å². The summed E-state index contributed by atoms with van der Waals surface area (Å²) in [5.41, 5.74) is 1.71. The van der Waals surface area contributed by atoms with Gasteiger partial charge in [0.25, 0.3) is 0 Å². The molecular weight excluding hydrogens is 450 g/mol. The van der Waals surface area contributed by atoms with Crippen LogP contribution in [0.2, 0.25) is 5.02 Å². The minimum Gasteiger partial charge on any atom is -0.468 e. The summed E-state index contributed by atoms with van der Waals surface area (Å²) in [6.45, 7) is 0.370. The molecule has 1 aliphatic rings. The average Bonchev–Trinajstić information content (AvgIpc) is 2.81. The Bertz CT molecular complexity index is 1080. The first-order valence-electron chi connectivity index (χ1n) is 9.66. The fourth-order valence-electron chi connectivity index (χ4n) is 3.33. The van der Waals surface area contributed by atoms with Gasteiger partial charge in [0.05, 0.1) is 29.5 Å². The number of hydrogen-bond acceptors (Lipinski definition) is 6. The van der Waals surface area contributed by atoms with E-state index in [0.29, 0.717) is 17.1 Å². The lowest BCUT2D eigenvalue weighted by Gasteiger charge is -2.30. The van der Waals surface area contributed by atoms with Crippen molar-refractivity contribution in [3.8, 4) is 6.07 Å². The van der Waals surface area contributed by atoms with Crippen molar-refractivity contribution < 1.29 is 19.1 Å². The number of halogens is 1. The summed E-state index contributed by atoms with van der Waals surface area (Å²) in [5.74, 6) is -3.69. The number of carbonyl (C=O) groups excluding carboxylic acids is 3. The second-order valence-electron chi connectivity index (χ2n) is 6.92. The van der Waals surface area contributed by atoms with Gasteiger partial charge in [-0.1, -0.05) is 65.8 Å². The van der Waals surface area contributed by atoms with Crippen LogP contribution in [-0.2, 0) is 25.7 Å². The molecule has 2 aromatic rings. The van der Waals surface area contributed by atoms with Gasteiger partial charge in [0.1, 0.15) is 5.92 Å². The average molecular weight is 470 g/mol. The van der Waals surface area contributed by atoms with Crippen LogP contribution in [-0.4, -0.2) is 30.6 Å². The van der Waals surface area contributed by atoms with E-state index >= 15 is 0 Å². The van der Waals surface area contributed by atoms with Crippen molar-refractivity contribution in [1.29, 1.82) is 5.26 Å². The van der Waals surface area contributed by atoms with Crippen molar-refractivity contribution in [1.82, 2.24) is 10.6 Å². The zero-order valence-electron chi connectivity index (χ0n) is 17.1. The smallest absolute Gasteiger partial charge is 0.319 e. The number of carbonyl (C=O) groups is 3. The highest BCUT2D eigenvalue weighted by molar-refractivity contribution is 8.03. The van der Waals surface area contributed by atoms with Crippen LogP contribution < -0.4 is 10.6 Å². The Hall–Kier alpha value is -3.28. The lowest BCUT2D eigenvalue weighted by molar-refractivity contribution is -0.150. The van der Waals surface area contributed by atoms with Gasteiger partial charge in [-0.2, -0.15) is 5.26 Å². The van der Waals surface area contributed by atoms with Gasteiger partial charge in [0, 0.05) is 17.5 Å². The molecule has 0 spiro atoms. The summed E-state index contributed by atoms with van der Waals surface area (Å²) in [6, 6.07) is 18.1. The monoisotopic (exact) mass is 469 g/mol. The number of thioether (sulfide) groups is 1. The highest BCUT2D eigenvalue weighted by Crippen LogP contribution is 2.40. The Labute approximate surface area is 194 Å². The third kappa shape index (κ3) is 5.49. The number of methoxy groups -OCH3 is 1. The third-order valence-corrected chi connectivity index (χ3v) is 6.16. The highest BCUT2D eigenvalue weighted by Gasteiger charge is 2.44. The molecule has 3 rings (SSSR count). The third-order valence-electron chi connectivity index (χ3n) is 4.89. The summed E-state index contributed by atoms with van der Waals surface area (Å²) < 4.78 is 4.81. The first kappa shape index (κ1) is 23.4. The summed E-state index contributed by atoms with van der Waals surface area (Å²) in [6.07, 6.45) is 0. The Kier molecular flexibility index (Phi) is 7.92. The molecule has 1 aliphatic heterocycles. The number of nitrogens with one attached hydrogen (secondary N) is 2. The number of nitriles is 1. The van der Waals surface area contributed by atoms with Crippen LogP contribution in [0.1, 0.15) is 17.0 Å². The van der Waals surface area contributed by atoms with Gasteiger partial charge in [-0.3, -0.25) is 14.4 Å². The Morgan fingerprint density at radius 2 is 1.88 bits per heavy atom. The van der Waals surface area contributed by atoms with E-state index in [1.54, 1.807) is 24.3 Å². The molecule has 0 bridgehead atoms. The largest absolute Gasteiger partial charge is 0.468 e. The van der Waals surface area contributed by atoms with E-state index in [1.165, 1.54) is 7.11 Å². The van der Waals surface area contributed by atoms with Gasteiger partial charge in [-0.15, -0.1) is 0 Å². The first-order chi connectivity index (χ1) is 15.4. The number of allylic oxidation sites excluding steroid dienone is 1. The molecule has 0 radical (unpaired) electrons. The van der Waals surface area contributed by atoms with Crippen LogP contribution in [0.4, 0.5) is 0 Å². The molecule has 0 aliphatic carbocycles. The van der Waals surface area contributed by atoms with Crippen LogP contribution in [0.15, 0.2) is 65.2 Å². The van der Waals surface area contributed by atoms with Gasteiger partial charge in [-0.05, 0) is 23.3 Å². The number of esters is 1. The molecule has 2 aromatic carbocycles. The number of ether oxygens (including phenoxy) is 1. The van der Waals surface area contributed by atoms with Crippen molar-refractivity contribution in [3.63, 3.8) is 0 Å². The van der Waals surface area contributed by atoms with Gasteiger partial charge >= 0.3 is 5.97 Å². The van der Waals surface area contributed by atoms with E-state index in [4.69, 9.17) is 16.3 Å². The molecule has 0 saturated heterocycles. The van der Waals surface area contributed by atoms with Crippen molar-refractivity contribution in [3.05, 3.63) is 81.3 Å². The standard InChI is InChI=1S/C23H20ClN3O4S/c1-31-23(30)20-19(15-7-9-16(24)10-8-15)17(11-25)22(27-21(20)29)32-13-18(28)26-12-14-5-3-2-4-6-14/h2-10,19-20H,12-13H2,1H3,(H,26,28)(H,27,29)/t19-,20+/m1/s1. The number of hydrogen-bond donors (Lipinski definition) is 2. The number of rotatable bonds is 7. The van der Waals surface area contributed by atoms with E-state index < -0.39 is 23.7 Å². The number of amides is 2. The Morgan fingerprint density at radius 1 is 1.19 bits per heavy atom. The molecule has 2 N–H and O–H groups in total. The molecule has 9 heteroatoms. The molecule has 1 heterocycles. The molecule has 7 nitrogen and oxygen atoms in total. The topological polar surface area (TPSA) is 108 Å². The zero-order chi connectivity index (χ0) is 23.1. The minimum atomic E-state index is -1.23. The molecular formula is C23H20ClN3O4S. The molecule has 0 unspecified atom stereocenters. The second-order valence-corrected chi connectivity index (χ2v) is 8.35. The van der Waals surface area contributed by atoms with Crippen LogP contribution in [0.3, 0.4) is 0 Å². The molecule has 32 heavy (non-hydrogen) atoms. The predicted octanol–water partition coefficient (Wildman–Crippen LogP) is 3.13. The Morgan fingerprint density at radius 3 is 2.50 bits per heavy atom.